The number of benzene rings is 1. The number of hydrogen-bond donors (Lipinski definition) is 2. The number of nitrogens with one attached hydrogen (secondary N) is 1. The number of ether oxygens (including phenoxy) is 1. The molecule has 1 aromatic carbocycles. The highest BCUT2D eigenvalue weighted by molar-refractivity contribution is 7.89. The first-order valence-electron chi connectivity index (χ1n) is 5.62. The molecule has 0 heterocycles. The Morgan fingerprint density at radius 3 is 2.47 bits per heavy atom. The van der Waals surface area contributed by atoms with Crippen LogP contribution < -0.4 is 4.72 Å². The van der Waals surface area contributed by atoms with E-state index in [1.807, 2.05) is 0 Å². The first kappa shape index (κ1) is 15.6. The first-order chi connectivity index (χ1) is 8.79. The van der Waals surface area contributed by atoms with E-state index >= 15 is 0 Å². The lowest BCUT2D eigenvalue weighted by Gasteiger charge is -2.11. The van der Waals surface area contributed by atoms with E-state index in [9.17, 15) is 13.2 Å². The third-order valence-corrected chi connectivity index (χ3v) is 4.24. The maximum Gasteiger partial charge on any atom is 0.335 e. The molecule has 19 heavy (non-hydrogen) atoms. The highest BCUT2D eigenvalue weighted by atomic mass is 32.2. The lowest BCUT2D eigenvalue weighted by atomic mass is 10.1. The summed E-state index contributed by atoms with van der Waals surface area (Å²) < 4.78 is 31.2. The van der Waals surface area contributed by atoms with E-state index in [0.717, 1.165) is 0 Å². The fraction of sp³-hybridized carbons (Fsp3) is 0.417. The van der Waals surface area contributed by atoms with Gasteiger partial charge in [-0.25, -0.2) is 17.9 Å². The number of methoxy groups -OCH3 is 1. The Balaban J connectivity index is 3.19. The number of carbonyl (C=O) groups is 1. The van der Waals surface area contributed by atoms with E-state index in [-0.39, 0.29) is 23.6 Å². The van der Waals surface area contributed by atoms with Gasteiger partial charge in [0.2, 0.25) is 10.0 Å². The summed E-state index contributed by atoms with van der Waals surface area (Å²) in [5.74, 6) is -1.15. The smallest absolute Gasteiger partial charge is 0.335 e. The third-order valence-electron chi connectivity index (χ3n) is 2.64. The molecule has 0 radical (unpaired) electrons. The van der Waals surface area contributed by atoms with E-state index in [4.69, 9.17) is 9.84 Å². The summed E-state index contributed by atoms with van der Waals surface area (Å²) in [6.07, 6.45) is 0. The molecule has 0 fully saturated rings. The Labute approximate surface area is 112 Å². The molecule has 1 rings (SSSR count). The minimum atomic E-state index is -3.73. The van der Waals surface area contributed by atoms with Crippen LogP contribution in [0.15, 0.2) is 17.0 Å². The second kappa shape index (κ2) is 6.14. The first-order valence-corrected chi connectivity index (χ1v) is 7.11. The van der Waals surface area contributed by atoms with Crippen molar-refractivity contribution < 1.29 is 23.1 Å². The van der Waals surface area contributed by atoms with Crippen molar-refractivity contribution in [3.8, 4) is 0 Å². The summed E-state index contributed by atoms with van der Waals surface area (Å²) in [4.78, 5) is 11.0. The summed E-state index contributed by atoms with van der Waals surface area (Å²) in [6, 6.07) is 2.73. The van der Waals surface area contributed by atoms with E-state index in [2.05, 4.69) is 4.72 Å². The van der Waals surface area contributed by atoms with Crippen LogP contribution in [-0.4, -0.2) is 39.8 Å². The number of carboxylic acids is 1. The normalized spacial score (nSPS) is 11.5. The van der Waals surface area contributed by atoms with Crippen LogP contribution in [0.25, 0.3) is 0 Å². The van der Waals surface area contributed by atoms with Crippen molar-refractivity contribution in [2.45, 2.75) is 18.7 Å². The zero-order valence-electron chi connectivity index (χ0n) is 11.1. The SMILES string of the molecule is COCCNS(=O)(=O)c1cc(C(=O)O)c(C)cc1C. The van der Waals surface area contributed by atoms with Crippen molar-refractivity contribution >= 4 is 16.0 Å². The van der Waals surface area contributed by atoms with Gasteiger partial charge in [0.05, 0.1) is 17.1 Å². The summed E-state index contributed by atoms with van der Waals surface area (Å²) in [7, 11) is -2.26. The topological polar surface area (TPSA) is 92.7 Å². The maximum absolute atomic E-state index is 12.1. The van der Waals surface area contributed by atoms with Crippen LogP contribution in [0.2, 0.25) is 0 Å². The quantitative estimate of drug-likeness (QED) is 0.759. The predicted octanol–water partition coefficient (Wildman–Crippen LogP) is 0.926. The van der Waals surface area contributed by atoms with E-state index in [1.54, 1.807) is 19.9 Å². The summed E-state index contributed by atoms with van der Waals surface area (Å²) in [5, 5.41) is 9.03. The van der Waals surface area contributed by atoms with Crippen molar-refractivity contribution in [3.63, 3.8) is 0 Å². The van der Waals surface area contributed by atoms with Gasteiger partial charge in [-0.3, -0.25) is 0 Å². The predicted molar refractivity (Wildman–Crippen MR) is 69.9 cm³/mol. The molecule has 7 heteroatoms. The number of rotatable bonds is 6. The molecule has 0 unspecified atom stereocenters. The molecule has 0 atom stereocenters. The molecule has 0 aromatic heterocycles. The Morgan fingerprint density at radius 1 is 1.32 bits per heavy atom. The Kier molecular flexibility index (Phi) is 5.04. The molecule has 106 valence electrons. The fourth-order valence-electron chi connectivity index (χ4n) is 1.71. The molecule has 0 aliphatic rings. The molecule has 0 bridgehead atoms. The number of hydrogen-bond acceptors (Lipinski definition) is 4. The summed E-state index contributed by atoms with van der Waals surface area (Å²) in [5.41, 5.74) is 1.02. The lowest BCUT2D eigenvalue weighted by Crippen LogP contribution is -2.28. The van der Waals surface area contributed by atoms with Crippen LogP contribution in [0.1, 0.15) is 21.5 Å². The third kappa shape index (κ3) is 3.76. The zero-order chi connectivity index (χ0) is 14.6. The highest BCUT2D eigenvalue weighted by Gasteiger charge is 2.20. The number of carboxylic acid groups (broad SMARTS) is 1. The van der Waals surface area contributed by atoms with Gasteiger partial charge in [-0.05, 0) is 31.0 Å². The minimum Gasteiger partial charge on any atom is -0.478 e. The largest absolute Gasteiger partial charge is 0.478 e. The van der Waals surface area contributed by atoms with Crippen LogP contribution in [0.3, 0.4) is 0 Å². The van der Waals surface area contributed by atoms with Crippen molar-refractivity contribution in [2.24, 2.45) is 0 Å². The second-order valence-corrected chi connectivity index (χ2v) is 5.86. The average Bonchev–Trinajstić information content (AvgIpc) is 2.28. The number of aryl methyl sites for hydroxylation is 2. The van der Waals surface area contributed by atoms with Gasteiger partial charge in [-0.1, -0.05) is 6.07 Å². The van der Waals surface area contributed by atoms with E-state index in [0.29, 0.717) is 11.1 Å². The standard InChI is InChI=1S/C12H17NO5S/c1-8-6-9(2)11(7-10(8)12(14)15)19(16,17)13-4-5-18-3/h6-7,13H,4-5H2,1-3H3,(H,14,15). The van der Waals surface area contributed by atoms with Crippen molar-refractivity contribution in [1.82, 2.24) is 4.72 Å². The molecule has 0 aliphatic heterocycles. The monoisotopic (exact) mass is 287 g/mol. The van der Waals surface area contributed by atoms with Gasteiger partial charge < -0.3 is 9.84 Å². The molecule has 0 spiro atoms. The second-order valence-electron chi connectivity index (χ2n) is 4.13. The lowest BCUT2D eigenvalue weighted by molar-refractivity contribution is 0.0696. The molecule has 6 nitrogen and oxygen atoms in total. The van der Waals surface area contributed by atoms with E-state index < -0.39 is 16.0 Å². The number of sulfonamides is 1. The van der Waals surface area contributed by atoms with Gasteiger partial charge in [0.15, 0.2) is 0 Å². The summed E-state index contributed by atoms with van der Waals surface area (Å²) >= 11 is 0. The molecule has 2 N–H and O–H groups in total. The van der Waals surface area contributed by atoms with E-state index in [1.165, 1.54) is 13.2 Å². The summed E-state index contributed by atoms with van der Waals surface area (Å²) in [6.45, 7) is 3.64. The molecule has 0 saturated heterocycles. The molecule has 0 saturated carbocycles. The van der Waals surface area contributed by atoms with Crippen LogP contribution in [0.4, 0.5) is 0 Å². The fourth-order valence-corrected chi connectivity index (χ4v) is 2.97. The van der Waals surface area contributed by atoms with Gasteiger partial charge in [0.1, 0.15) is 0 Å². The van der Waals surface area contributed by atoms with Crippen LogP contribution >= 0.6 is 0 Å². The molecule has 0 amide bonds. The van der Waals surface area contributed by atoms with Gasteiger partial charge in [0.25, 0.3) is 0 Å². The van der Waals surface area contributed by atoms with Gasteiger partial charge >= 0.3 is 5.97 Å². The zero-order valence-corrected chi connectivity index (χ0v) is 11.9. The maximum atomic E-state index is 12.1. The molecular formula is C12H17NO5S. The average molecular weight is 287 g/mol. The Bertz CT molecular complexity index is 580. The Hall–Kier alpha value is -1.44. The molecular weight excluding hydrogens is 270 g/mol. The molecule has 1 aromatic rings. The van der Waals surface area contributed by atoms with Crippen molar-refractivity contribution in [2.75, 3.05) is 20.3 Å². The van der Waals surface area contributed by atoms with Gasteiger partial charge in [0, 0.05) is 13.7 Å². The van der Waals surface area contributed by atoms with Crippen LogP contribution in [-0.2, 0) is 14.8 Å². The minimum absolute atomic E-state index is 0.0160. The highest BCUT2D eigenvalue weighted by Crippen LogP contribution is 2.20. The Morgan fingerprint density at radius 2 is 1.95 bits per heavy atom. The van der Waals surface area contributed by atoms with Crippen LogP contribution in [0.5, 0.6) is 0 Å². The molecule has 0 aliphatic carbocycles. The van der Waals surface area contributed by atoms with Crippen LogP contribution in [0, 0.1) is 13.8 Å². The number of aromatic carboxylic acids is 1. The van der Waals surface area contributed by atoms with Crippen molar-refractivity contribution in [3.05, 3.63) is 28.8 Å². The van der Waals surface area contributed by atoms with Gasteiger partial charge in [-0.15, -0.1) is 0 Å². The van der Waals surface area contributed by atoms with Gasteiger partial charge in [-0.2, -0.15) is 0 Å². The van der Waals surface area contributed by atoms with Crippen molar-refractivity contribution in [1.29, 1.82) is 0 Å².